The van der Waals surface area contributed by atoms with E-state index in [9.17, 15) is 4.79 Å². The van der Waals surface area contributed by atoms with Crippen LogP contribution in [-0.4, -0.2) is 23.4 Å². The highest BCUT2D eigenvalue weighted by atomic mass is 16.5. The van der Waals surface area contributed by atoms with Crippen LogP contribution >= 0.6 is 0 Å². The molecule has 2 rings (SSSR count). The van der Waals surface area contributed by atoms with Gasteiger partial charge >= 0.3 is 0 Å². The molecule has 112 valence electrons. The predicted octanol–water partition coefficient (Wildman–Crippen LogP) is 1.91. The van der Waals surface area contributed by atoms with E-state index < -0.39 is 0 Å². The monoisotopic (exact) mass is 287 g/mol. The Hall–Kier alpha value is -2.14. The van der Waals surface area contributed by atoms with Crippen LogP contribution in [0.3, 0.4) is 0 Å². The van der Waals surface area contributed by atoms with Crippen LogP contribution in [0.1, 0.15) is 24.2 Å². The van der Waals surface area contributed by atoms with E-state index in [1.165, 1.54) is 4.68 Å². The Morgan fingerprint density at radius 2 is 1.95 bits per heavy atom. The number of benzene rings is 1. The minimum absolute atomic E-state index is 0.0210. The second-order valence-electron chi connectivity index (χ2n) is 4.84. The second kappa shape index (κ2) is 7.04. The first-order valence-corrected chi connectivity index (χ1v) is 7.09. The minimum atomic E-state index is -0.0909. The fourth-order valence-corrected chi connectivity index (χ4v) is 2.18. The highest BCUT2D eigenvalue weighted by Crippen LogP contribution is 2.18. The molecule has 0 amide bonds. The number of nitrogens with one attached hydrogen (secondary N) is 1. The number of ether oxygens (including phenoxy) is 1. The predicted molar refractivity (Wildman–Crippen MR) is 82.6 cm³/mol. The second-order valence-corrected chi connectivity index (χ2v) is 4.84. The summed E-state index contributed by atoms with van der Waals surface area (Å²) < 4.78 is 6.93. The van der Waals surface area contributed by atoms with Gasteiger partial charge in [0.05, 0.1) is 24.9 Å². The molecule has 1 atom stereocenters. The standard InChI is InChI=1S/C16H21N3O2/c1-4-21-14-8-6-13(7-9-14)15(17-3)11-19-16(20)10-5-12(2)18-19/h5-10,15,17H,4,11H2,1-3H3. The van der Waals surface area contributed by atoms with Crippen molar-refractivity contribution in [1.82, 2.24) is 15.1 Å². The molecular formula is C16H21N3O2. The third-order valence-corrected chi connectivity index (χ3v) is 3.30. The SMILES string of the molecule is CCOc1ccc(C(Cn2nc(C)ccc2=O)NC)cc1. The van der Waals surface area contributed by atoms with Crippen molar-refractivity contribution in [2.75, 3.05) is 13.7 Å². The maximum Gasteiger partial charge on any atom is 0.266 e. The molecule has 0 aliphatic carbocycles. The molecule has 1 aromatic carbocycles. The smallest absolute Gasteiger partial charge is 0.266 e. The summed E-state index contributed by atoms with van der Waals surface area (Å²) in [7, 11) is 1.88. The average Bonchev–Trinajstić information content (AvgIpc) is 2.49. The van der Waals surface area contributed by atoms with Crippen LogP contribution in [0.15, 0.2) is 41.2 Å². The van der Waals surface area contributed by atoms with E-state index in [4.69, 9.17) is 4.74 Å². The lowest BCUT2D eigenvalue weighted by Gasteiger charge is -2.18. The van der Waals surface area contributed by atoms with E-state index in [2.05, 4.69) is 10.4 Å². The lowest BCUT2D eigenvalue weighted by atomic mass is 10.1. The number of likely N-dealkylation sites (N-methyl/N-ethyl adjacent to an activating group) is 1. The van der Waals surface area contributed by atoms with Gasteiger partial charge in [-0.3, -0.25) is 4.79 Å². The van der Waals surface area contributed by atoms with Crippen molar-refractivity contribution in [3.8, 4) is 5.75 Å². The molecule has 1 unspecified atom stereocenters. The Morgan fingerprint density at radius 3 is 2.57 bits per heavy atom. The Kier molecular flexibility index (Phi) is 5.11. The van der Waals surface area contributed by atoms with Crippen molar-refractivity contribution < 1.29 is 4.74 Å². The van der Waals surface area contributed by atoms with Gasteiger partial charge in [-0.2, -0.15) is 5.10 Å². The molecular weight excluding hydrogens is 266 g/mol. The number of aryl methyl sites for hydroxylation is 1. The van der Waals surface area contributed by atoms with Crippen LogP contribution in [-0.2, 0) is 6.54 Å². The molecule has 1 N–H and O–H groups in total. The van der Waals surface area contributed by atoms with Crippen molar-refractivity contribution >= 4 is 0 Å². The van der Waals surface area contributed by atoms with E-state index in [1.54, 1.807) is 12.1 Å². The van der Waals surface area contributed by atoms with Gasteiger partial charge in [0, 0.05) is 6.07 Å². The van der Waals surface area contributed by atoms with Crippen LogP contribution in [0.4, 0.5) is 0 Å². The summed E-state index contributed by atoms with van der Waals surface area (Å²) in [4.78, 5) is 11.8. The fraction of sp³-hybridized carbons (Fsp3) is 0.375. The van der Waals surface area contributed by atoms with Crippen LogP contribution in [0.25, 0.3) is 0 Å². The summed E-state index contributed by atoms with van der Waals surface area (Å²) in [6, 6.07) is 11.2. The average molecular weight is 287 g/mol. The Bertz CT molecular complexity index is 635. The number of nitrogens with zero attached hydrogens (tertiary/aromatic N) is 2. The van der Waals surface area contributed by atoms with Gasteiger partial charge < -0.3 is 10.1 Å². The van der Waals surface area contributed by atoms with E-state index in [0.29, 0.717) is 13.2 Å². The van der Waals surface area contributed by atoms with Gasteiger partial charge in [-0.05, 0) is 44.7 Å². The van der Waals surface area contributed by atoms with Crippen molar-refractivity contribution in [3.05, 3.63) is 58.0 Å². The highest BCUT2D eigenvalue weighted by Gasteiger charge is 2.12. The molecule has 21 heavy (non-hydrogen) atoms. The van der Waals surface area contributed by atoms with Gasteiger partial charge in [0.15, 0.2) is 0 Å². The Labute approximate surface area is 124 Å². The molecule has 2 aromatic rings. The largest absolute Gasteiger partial charge is 0.494 e. The van der Waals surface area contributed by atoms with Crippen LogP contribution < -0.4 is 15.6 Å². The van der Waals surface area contributed by atoms with Gasteiger partial charge in [0.1, 0.15) is 5.75 Å². The van der Waals surface area contributed by atoms with E-state index >= 15 is 0 Å². The maximum absolute atomic E-state index is 11.8. The summed E-state index contributed by atoms with van der Waals surface area (Å²) >= 11 is 0. The van der Waals surface area contributed by atoms with Crippen LogP contribution in [0.5, 0.6) is 5.75 Å². The van der Waals surface area contributed by atoms with E-state index in [0.717, 1.165) is 17.0 Å². The van der Waals surface area contributed by atoms with Gasteiger partial charge in [0.25, 0.3) is 5.56 Å². The molecule has 0 saturated carbocycles. The first kappa shape index (κ1) is 15.3. The van der Waals surface area contributed by atoms with Crippen molar-refractivity contribution in [2.24, 2.45) is 0 Å². The summed E-state index contributed by atoms with van der Waals surface area (Å²) in [5.41, 5.74) is 1.83. The molecule has 0 saturated heterocycles. The van der Waals surface area contributed by atoms with E-state index in [1.807, 2.05) is 45.2 Å². The van der Waals surface area contributed by atoms with Gasteiger partial charge in [-0.25, -0.2) is 4.68 Å². The normalized spacial score (nSPS) is 12.1. The Balaban J connectivity index is 2.19. The molecule has 5 heteroatoms. The summed E-state index contributed by atoms with van der Waals surface area (Å²) in [5, 5.41) is 7.50. The van der Waals surface area contributed by atoms with Crippen LogP contribution in [0.2, 0.25) is 0 Å². The molecule has 0 fully saturated rings. The number of hydrogen-bond acceptors (Lipinski definition) is 4. The molecule has 0 aliphatic rings. The zero-order chi connectivity index (χ0) is 15.2. The quantitative estimate of drug-likeness (QED) is 0.882. The number of rotatable bonds is 6. The number of hydrogen-bond donors (Lipinski definition) is 1. The lowest BCUT2D eigenvalue weighted by molar-refractivity contribution is 0.340. The minimum Gasteiger partial charge on any atom is -0.494 e. The Morgan fingerprint density at radius 1 is 1.24 bits per heavy atom. The van der Waals surface area contributed by atoms with Gasteiger partial charge in [0.2, 0.25) is 0 Å². The van der Waals surface area contributed by atoms with Gasteiger partial charge in [-0.15, -0.1) is 0 Å². The fourth-order valence-electron chi connectivity index (χ4n) is 2.18. The van der Waals surface area contributed by atoms with Crippen molar-refractivity contribution in [3.63, 3.8) is 0 Å². The highest BCUT2D eigenvalue weighted by molar-refractivity contribution is 5.29. The lowest BCUT2D eigenvalue weighted by Crippen LogP contribution is -2.30. The first-order valence-electron chi connectivity index (χ1n) is 7.09. The van der Waals surface area contributed by atoms with E-state index in [-0.39, 0.29) is 11.6 Å². The van der Waals surface area contributed by atoms with Crippen LogP contribution in [0, 0.1) is 6.92 Å². The molecule has 0 spiro atoms. The zero-order valence-corrected chi connectivity index (χ0v) is 12.7. The molecule has 0 bridgehead atoms. The van der Waals surface area contributed by atoms with Gasteiger partial charge in [-0.1, -0.05) is 12.1 Å². The zero-order valence-electron chi connectivity index (χ0n) is 12.7. The summed E-state index contributed by atoms with van der Waals surface area (Å²) in [6.45, 7) is 4.98. The molecule has 5 nitrogen and oxygen atoms in total. The maximum atomic E-state index is 11.8. The third kappa shape index (κ3) is 3.92. The molecule has 1 aromatic heterocycles. The topological polar surface area (TPSA) is 56.2 Å². The van der Waals surface area contributed by atoms with Crippen molar-refractivity contribution in [1.29, 1.82) is 0 Å². The summed E-state index contributed by atoms with van der Waals surface area (Å²) in [5.74, 6) is 0.849. The molecule has 0 radical (unpaired) electrons. The first-order chi connectivity index (χ1) is 10.1. The van der Waals surface area contributed by atoms with Crippen molar-refractivity contribution in [2.45, 2.75) is 26.4 Å². The molecule has 1 heterocycles. The summed E-state index contributed by atoms with van der Waals surface area (Å²) in [6.07, 6.45) is 0. The molecule has 0 aliphatic heterocycles. The number of aromatic nitrogens is 2. The third-order valence-electron chi connectivity index (χ3n) is 3.30.